The summed E-state index contributed by atoms with van der Waals surface area (Å²) in [6, 6.07) is 9.99. The number of anilines is 1. The molecule has 1 aromatic carbocycles. The molecule has 0 radical (unpaired) electrons. The van der Waals surface area contributed by atoms with Crippen molar-refractivity contribution in [3.05, 3.63) is 66.2 Å². The minimum Gasteiger partial charge on any atom is -0.507 e. The maximum absolute atomic E-state index is 13.6. The number of halogens is 1. The van der Waals surface area contributed by atoms with E-state index in [4.69, 9.17) is 5.73 Å². The first-order valence-electron chi connectivity index (χ1n) is 9.21. The summed E-state index contributed by atoms with van der Waals surface area (Å²) < 4.78 is 13.6. The van der Waals surface area contributed by atoms with Crippen molar-refractivity contribution in [2.24, 2.45) is 5.73 Å². The van der Waals surface area contributed by atoms with Gasteiger partial charge in [0.05, 0.1) is 0 Å². The highest BCUT2D eigenvalue weighted by molar-refractivity contribution is 5.94. The van der Waals surface area contributed by atoms with E-state index in [1.807, 2.05) is 18.2 Å². The molecule has 0 aliphatic heterocycles. The number of aromatic nitrogens is 3. The summed E-state index contributed by atoms with van der Waals surface area (Å²) in [7, 11) is 0. The summed E-state index contributed by atoms with van der Waals surface area (Å²) in [6.07, 6.45) is 4.78. The lowest BCUT2D eigenvalue weighted by Gasteiger charge is -2.43. The predicted octanol–water partition coefficient (Wildman–Crippen LogP) is 2.82. The SMILES string of the molecule is NC(=O)c1ccc(O)c(-c2cnc(NCC3(c4ccccn4)CC(F)C3)nc2)c1. The van der Waals surface area contributed by atoms with E-state index in [-0.39, 0.29) is 16.7 Å². The zero-order valence-corrected chi connectivity index (χ0v) is 15.5. The summed E-state index contributed by atoms with van der Waals surface area (Å²) in [5.74, 6) is -0.203. The van der Waals surface area contributed by atoms with Crippen molar-refractivity contribution >= 4 is 11.9 Å². The summed E-state index contributed by atoms with van der Waals surface area (Å²) in [6.45, 7) is 0.464. The number of phenols is 1. The van der Waals surface area contributed by atoms with Crippen LogP contribution < -0.4 is 11.1 Å². The second kappa shape index (κ2) is 7.46. The van der Waals surface area contributed by atoms with Gasteiger partial charge in [-0.05, 0) is 43.2 Å². The zero-order chi connectivity index (χ0) is 20.4. The number of hydrogen-bond acceptors (Lipinski definition) is 6. The van der Waals surface area contributed by atoms with Gasteiger partial charge in [0, 0.05) is 52.9 Å². The van der Waals surface area contributed by atoms with E-state index < -0.39 is 12.1 Å². The number of aromatic hydroxyl groups is 1. The molecule has 1 saturated carbocycles. The molecule has 4 rings (SSSR count). The molecule has 7 nitrogen and oxygen atoms in total. The van der Waals surface area contributed by atoms with Gasteiger partial charge in [0.2, 0.25) is 11.9 Å². The van der Waals surface area contributed by atoms with E-state index in [9.17, 15) is 14.3 Å². The molecule has 1 aliphatic carbocycles. The number of primary amides is 1. The van der Waals surface area contributed by atoms with Gasteiger partial charge in [-0.2, -0.15) is 0 Å². The van der Waals surface area contributed by atoms with Gasteiger partial charge in [0.25, 0.3) is 0 Å². The number of phenolic OH excluding ortho intramolecular Hbond substituents is 1. The topological polar surface area (TPSA) is 114 Å². The summed E-state index contributed by atoms with van der Waals surface area (Å²) in [4.78, 5) is 24.3. The maximum atomic E-state index is 13.6. The molecule has 0 atom stereocenters. The first-order valence-corrected chi connectivity index (χ1v) is 9.21. The van der Waals surface area contributed by atoms with Crippen LogP contribution in [-0.4, -0.2) is 38.7 Å². The van der Waals surface area contributed by atoms with Crippen LogP contribution >= 0.6 is 0 Å². The lowest BCUT2D eigenvalue weighted by Crippen LogP contribution is -2.48. The van der Waals surface area contributed by atoms with Crippen LogP contribution in [0.4, 0.5) is 10.3 Å². The van der Waals surface area contributed by atoms with Crippen LogP contribution in [-0.2, 0) is 5.41 Å². The van der Waals surface area contributed by atoms with Gasteiger partial charge in [-0.1, -0.05) is 6.07 Å². The van der Waals surface area contributed by atoms with Gasteiger partial charge in [-0.25, -0.2) is 14.4 Å². The van der Waals surface area contributed by atoms with Gasteiger partial charge >= 0.3 is 0 Å². The Bertz CT molecular complexity index is 1020. The Morgan fingerprint density at radius 1 is 1.21 bits per heavy atom. The number of amides is 1. The average molecular weight is 393 g/mol. The van der Waals surface area contributed by atoms with Gasteiger partial charge in [-0.15, -0.1) is 0 Å². The van der Waals surface area contributed by atoms with Crippen LogP contribution in [0.25, 0.3) is 11.1 Å². The molecule has 0 saturated heterocycles. The Morgan fingerprint density at radius 3 is 2.59 bits per heavy atom. The number of rotatable bonds is 6. The molecule has 148 valence electrons. The van der Waals surface area contributed by atoms with Crippen molar-refractivity contribution in [2.75, 3.05) is 11.9 Å². The van der Waals surface area contributed by atoms with Crippen molar-refractivity contribution < 1.29 is 14.3 Å². The molecule has 0 unspecified atom stereocenters. The van der Waals surface area contributed by atoms with Crippen molar-refractivity contribution in [2.45, 2.75) is 24.4 Å². The second-order valence-corrected chi connectivity index (χ2v) is 7.25. The number of carbonyl (C=O) groups excluding carboxylic acids is 1. The van der Waals surface area contributed by atoms with Gasteiger partial charge in [0.1, 0.15) is 11.9 Å². The molecular weight excluding hydrogens is 373 g/mol. The minimum absolute atomic E-state index is 0.00290. The molecule has 0 bridgehead atoms. The Labute approximate surface area is 166 Å². The van der Waals surface area contributed by atoms with E-state index in [1.54, 1.807) is 18.6 Å². The van der Waals surface area contributed by atoms with Crippen LogP contribution in [0.5, 0.6) is 5.75 Å². The number of nitrogens with two attached hydrogens (primary N) is 1. The second-order valence-electron chi connectivity index (χ2n) is 7.25. The van der Waals surface area contributed by atoms with E-state index in [0.717, 1.165) is 5.69 Å². The zero-order valence-electron chi connectivity index (χ0n) is 15.5. The first kappa shape index (κ1) is 18.8. The third-order valence-corrected chi connectivity index (χ3v) is 5.26. The molecule has 2 heterocycles. The molecule has 2 aromatic heterocycles. The number of benzene rings is 1. The molecule has 1 fully saturated rings. The normalized spacial score (nSPS) is 20.7. The first-order chi connectivity index (χ1) is 14.0. The quantitative estimate of drug-likeness (QED) is 0.593. The van der Waals surface area contributed by atoms with E-state index in [0.29, 0.717) is 36.5 Å². The third-order valence-electron chi connectivity index (χ3n) is 5.26. The lowest BCUT2D eigenvalue weighted by molar-refractivity contribution is 0.0993. The van der Waals surface area contributed by atoms with Crippen LogP contribution in [0.3, 0.4) is 0 Å². The number of nitrogens with zero attached hydrogens (tertiary/aromatic N) is 3. The Balaban J connectivity index is 1.50. The van der Waals surface area contributed by atoms with Gasteiger partial charge < -0.3 is 16.2 Å². The van der Waals surface area contributed by atoms with E-state index in [1.165, 1.54) is 18.2 Å². The Morgan fingerprint density at radius 2 is 1.97 bits per heavy atom. The standard InChI is InChI=1S/C21H20FN5O2/c22-15-8-21(9-15,18-3-1-2-6-24-18)12-27-20-25-10-14(11-26-20)16-7-13(19(23)29)4-5-17(16)28/h1-7,10-11,15,28H,8-9,12H2,(H2,23,29)(H,25,26,27). The monoisotopic (exact) mass is 393 g/mol. The Hall–Kier alpha value is -3.55. The molecule has 0 spiro atoms. The number of alkyl halides is 1. The molecular formula is C21H20FN5O2. The van der Waals surface area contributed by atoms with Gasteiger partial charge in [-0.3, -0.25) is 9.78 Å². The molecule has 29 heavy (non-hydrogen) atoms. The minimum atomic E-state index is -0.831. The fourth-order valence-electron chi connectivity index (χ4n) is 3.64. The fraction of sp³-hybridized carbons (Fsp3) is 0.238. The molecule has 4 N–H and O–H groups in total. The van der Waals surface area contributed by atoms with Crippen molar-refractivity contribution in [1.82, 2.24) is 15.0 Å². The summed E-state index contributed by atoms with van der Waals surface area (Å²) >= 11 is 0. The largest absolute Gasteiger partial charge is 0.507 e. The van der Waals surface area contributed by atoms with Crippen LogP contribution in [0.15, 0.2) is 55.0 Å². The predicted molar refractivity (Wildman–Crippen MR) is 106 cm³/mol. The highest BCUT2D eigenvalue weighted by atomic mass is 19.1. The highest BCUT2D eigenvalue weighted by Crippen LogP contribution is 2.44. The molecule has 1 aliphatic rings. The van der Waals surface area contributed by atoms with Crippen molar-refractivity contribution in [3.8, 4) is 16.9 Å². The van der Waals surface area contributed by atoms with Crippen LogP contribution in [0.2, 0.25) is 0 Å². The van der Waals surface area contributed by atoms with Gasteiger partial charge in [0.15, 0.2) is 0 Å². The highest BCUT2D eigenvalue weighted by Gasteiger charge is 2.47. The van der Waals surface area contributed by atoms with E-state index in [2.05, 4.69) is 20.3 Å². The lowest BCUT2D eigenvalue weighted by atomic mass is 9.65. The Kier molecular flexibility index (Phi) is 4.84. The fourth-order valence-corrected chi connectivity index (χ4v) is 3.64. The number of carbonyl (C=O) groups is 1. The van der Waals surface area contributed by atoms with E-state index >= 15 is 0 Å². The maximum Gasteiger partial charge on any atom is 0.248 e. The average Bonchev–Trinajstić information content (AvgIpc) is 2.71. The summed E-state index contributed by atoms with van der Waals surface area (Å²) in [5, 5.41) is 13.2. The molecule has 8 heteroatoms. The van der Waals surface area contributed by atoms with Crippen LogP contribution in [0, 0.1) is 0 Å². The van der Waals surface area contributed by atoms with Crippen LogP contribution in [0.1, 0.15) is 28.9 Å². The summed E-state index contributed by atoms with van der Waals surface area (Å²) in [5.41, 5.74) is 7.01. The number of pyridine rings is 1. The van der Waals surface area contributed by atoms with Crippen molar-refractivity contribution in [3.63, 3.8) is 0 Å². The number of nitrogens with one attached hydrogen (secondary N) is 1. The molecule has 3 aromatic rings. The molecule has 1 amide bonds. The van der Waals surface area contributed by atoms with Crippen molar-refractivity contribution in [1.29, 1.82) is 0 Å². The third kappa shape index (κ3) is 3.73. The smallest absolute Gasteiger partial charge is 0.248 e. The number of hydrogen-bond donors (Lipinski definition) is 3.